The second kappa shape index (κ2) is 9.35. The number of rotatable bonds is 6. The van der Waals surface area contributed by atoms with E-state index in [4.69, 9.17) is 9.47 Å². The number of nitrogens with one attached hydrogen (secondary N) is 2. The number of amides is 2. The smallest absolute Gasteiger partial charge is 0.413 e. The SMILES string of the molecule is COC(=O)[C@H](CNC(=O)OC(C)(C)C)NC(=O)Oc1ccc(N=O)cc1. The van der Waals surface area contributed by atoms with E-state index in [-0.39, 0.29) is 18.0 Å². The van der Waals surface area contributed by atoms with Crippen LogP contribution in [0.25, 0.3) is 0 Å². The summed E-state index contributed by atoms with van der Waals surface area (Å²) < 4.78 is 14.6. The van der Waals surface area contributed by atoms with Crippen LogP contribution in [-0.4, -0.2) is 43.5 Å². The minimum Gasteiger partial charge on any atom is -0.467 e. The van der Waals surface area contributed by atoms with Gasteiger partial charge >= 0.3 is 18.2 Å². The highest BCUT2D eigenvalue weighted by atomic mass is 16.6. The number of benzene rings is 1. The molecule has 0 unspecified atom stereocenters. The Morgan fingerprint density at radius 1 is 1.12 bits per heavy atom. The molecule has 1 aromatic carbocycles. The predicted molar refractivity (Wildman–Crippen MR) is 91.1 cm³/mol. The van der Waals surface area contributed by atoms with Gasteiger partial charge < -0.3 is 24.8 Å². The van der Waals surface area contributed by atoms with Gasteiger partial charge in [-0.15, -0.1) is 4.91 Å². The molecule has 10 nitrogen and oxygen atoms in total. The number of carbonyl (C=O) groups excluding carboxylic acids is 3. The molecule has 0 bridgehead atoms. The van der Waals surface area contributed by atoms with Gasteiger partial charge in [-0.2, -0.15) is 0 Å². The van der Waals surface area contributed by atoms with Crippen LogP contribution in [0.5, 0.6) is 5.75 Å². The molecule has 0 aromatic heterocycles. The topological polar surface area (TPSA) is 132 Å². The molecule has 2 amide bonds. The minimum absolute atomic E-state index is 0.138. The highest BCUT2D eigenvalue weighted by Crippen LogP contribution is 2.17. The summed E-state index contributed by atoms with van der Waals surface area (Å²) in [6, 6.07) is 4.26. The number of nitrogens with zero attached hydrogens (tertiary/aromatic N) is 1. The first-order valence-corrected chi connectivity index (χ1v) is 7.61. The van der Waals surface area contributed by atoms with E-state index < -0.39 is 29.8 Å². The van der Waals surface area contributed by atoms with E-state index in [2.05, 4.69) is 20.5 Å². The van der Waals surface area contributed by atoms with Crippen LogP contribution in [0.1, 0.15) is 20.8 Å². The lowest BCUT2D eigenvalue weighted by molar-refractivity contribution is -0.142. The van der Waals surface area contributed by atoms with Crippen molar-refractivity contribution in [1.82, 2.24) is 10.6 Å². The summed E-state index contributed by atoms with van der Waals surface area (Å²) in [4.78, 5) is 45.6. The fourth-order valence-corrected chi connectivity index (χ4v) is 1.69. The van der Waals surface area contributed by atoms with Crippen molar-refractivity contribution in [2.24, 2.45) is 5.18 Å². The van der Waals surface area contributed by atoms with E-state index in [1.807, 2.05) is 0 Å². The molecule has 142 valence electrons. The number of hydrogen-bond donors (Lipinski definition) is 2. The molecular formula is C16H21N3O7. The third kappa shape index (κ3) is 7.60. The number of carbonyl (C=O) groups is 3. The Labute approximate surface area is 150 Å². The summed E-state index contributed by atoms with van der Waals surface area (Å²) in [6.45, 7) is 4.80. The Kier molecular flexibility index (Phi) is 7.51. The van der Waals surface area contributed by atoms with Crippen LogP contribution in [0.3, 0.4) is 0 Å². The van der Waals surface area contributed by atoms with Gasteiger partial charge in [0.2, 0.25) is 0 Å². The van der Waals surface area contributed by atoms with E-state index in [0.717, 1.165) is 7.11 Å². The molecule has 1 rings (SSSR count). The molecule has 0 fully saturated rings. The molecule has 0 spiro atoms. The van der Waals surface area contributed by atoms with Gasteiger partial charge in [0, 0.05) is 0 Å². The van der Waals surface area contributed by atoms with E-state index in [1.165, 1.54) is 24.3 Å². The van der Waals surface area contributed by atoms with Gasteiger partial charge in [-0.1, -0.05) is 0 Å². The molecule has 10 heteroatoms. The highest BCUT2D eigenvalue weighted by molar-refractivity contribution is 5.83. The fraction of sp³-hybridized carbons (Fsp3) is 0.438. The molecular weight excluding hydrogens is 346 g/mol. The normalized spacial score (nSPS) is 11.7. The zero-order valence-electron chi connectivity index (χ0n) is 14.9. The molecule has 0 heterocycles. The van der Waals surface area contributed by atoms with Crippen LogP contribution in [0.4, 0.5) is 15.3 Å². The lowest BCUT2D eigenvalue weighted by atomic mass is 10.2. The van der Waals surface area contributed by atoms with Crippen LogP contribution in [0.15, 0.2) is 29.4 Å². The van der Waals surface area contributed by atoms with Crippen LogP contribution in [0, 0.1) is 4.91 Å². The van der Waals surface area contributed by atoms with Crippen LogP contribution < -0.4 is 15.4 Å². The van der Waals surface area contributed by atoms with E-state index in [1.54, 1.807) is 20.8 Å². The Bertz CT molecular complexity index is 653. The van der Waals surface area contributed by atoms with Crippen LogP contribution in [0.2, 0.25) is 0 Å². The predicted octanol–water partition coefficient (Wildman–Crippen LogP) is 2.24. The molecule has 0 aliphatic rings. The maximum atomic E-state index is 11.9. The van der Waals surface area contributed by atoms with E-state index >= 15 is 0 Å². The first kappa shape index (κ1) is 20.9. The molecule has 1 aromatic rings. The van der Waals surface area contributed by atoms with Crippen molar-refractivity contribution >= 4 is 23.8 Å². The quantitative estimate of drug-likeness (QED) is 0.582. The Morgan fingerprint density at radius 2 is 1.73 bits per heavy atom. The zero-order chi connectivity index (χ0) is 19.7. The summed E-state index contributed by atoms with van der Waals surface area (Å²) in [5, 5.41) is 7.35. The molecule has 0 aliphatic carbocycles. The second-order valence-electron chi connectivity index (χ2n) is 6.08. The number of ether oxygens (including phenoxy) is 3. The zero-order valence-corrected chi connectivity index (χ0v) is 14.9. The summed E-state index contributed by atoms with van der Waals surface area (Å²) in [5.74, 6) is -0.642. The van der Waals surface area contributed by atoms with Crippen molar-refractivity contribution in [3.63, 3.8) is 0 Å². The van der Waals surface area contributed by atoms with Crippen molar-refractivity contribution in [3.05, 3.63) is 29.2 Å². The van der Waals surface area contributed by atoms with Crippen molar-refractivity contribution < 1.29 is 28.6 Å². The number of alkyl carbamates (subject to hydrolysis) is 1. The number of esters is 1. The molecule has 0 saturated carbocycles. The monoisotopic (exact) mass is 367 g/mol. The van der Waals surface area contributed by atoms with Crippen molar-refractivity contribution in [2.75, 3.05) is 13.7 Å². The summed E-state index contributed by atoms with van der Waals surface area (Å²) in [5.41, 5.74) is -0.536. The number of nitroso groups, excluding NO2 is 1. The van der Waals surface area contributed by atoms with Crippen molar-refractivity contribution in [2.45, 2.75) is 32.4 Å². The average molecular weight is 367 g/mol. The van der Waals surface area contributed by atoms with Crippen LogP contribution in [-0.2, 0) is 14.3 Å². The Morgan fingerprint density at radius 3 is 2.23 bits per heavy atom. The molecule has 0 radical (unpaired) electrons. The van der Waals surface area contributed by atoms with Gasteiger partial charge in [-0.25, -0.2) is 14.4 Å². The maximum absolute atomic E-state index is 11.9. The summed E-state index contributed by atoms with van der Waals surface area (Å²) in [6.07, 6.45) is -1.70. The van der Waals surface area contributed by atoms with Crippen LogP contribution >= 0.6 is 0 Å². The fourth-order valence-electron chi connectivity index (χ4n) is 1.69. The van der Waals surface area contributed by atoms with E-state index in [9.17, 15) is 19.3 Å². The molecule has 0 aliphatic heterocycles. The summed E-state index contributed by atoms with van der Waals surface area (Å²) in [7, 11) is 1.14. The third-order valence-corrected chi connectivity index (χ3v) is 2.78. The van der Waals surface area contributed by atoms with Gasteiger partial charge in [0.25, 0.3) is 0 Å². The molecule has 26 heavy (non-hydrogen) atoms. The lowest BCUT2D eigenvalue weighted by Crippen LogP contribution is -2.50. The van der Waals surface area contributed by atoms with Gasteiger partial charge in [0.05, 0.1) is 13.7 Å². The average Bonchev–Trinajstić information content (AvgIpc) is 2.57. The van der Waals surface area contributed by atoms with Crippen molar-refractivity contribution in [1.29, 1.82) is 0 Å². The van der Waals surface area contributed by atoms with Gasteiger partial charge in [-0.3, -0.25) is 0 Å². The number of hydrogen-bond acceptors (Lipinski definition) is 8. The van der Waals surface area contributed by atoms with Gasteiger partial charge in [0.1, 0.15) is 23.1 Å². The van der Waals surface area contributed by atoms with E-state index in [0.29, 0.717) is 0 Å². The Hall–Kier alpha value is -3.17. The second-order valence-corrected chi connectivity index (χ2v) is 6.08. The maximum Gasteiger partial charge on any atom is 0.413 e. The molecule has 2 N–H and O–H groups in total. The first-order valence-electron chi connectivity index (χ1n) is 7.61. The molecule has 0 saturated heterocycles. The van der Waals surface area contributed by atoms with Gasteiger partial charge in [0.15, 0.2) is 0 Å². The summed E-state index contributed by atoms with van der Waals surface area (Å²) >= 11 is 0. The van der Waals surface area contributed by atoms with Crippen molar-refractivity contribution in [3.8, 4) is 5.75 Å². The third-order valence-electron chi connectivity index (χ3n) is 2.78. The van der Waals surface area contributed by atoms with Gasteiger partial charge in [-0.05, 0) is 50.2 Å². The largest absolute Gasteiger partial charge is 0.467 e. The minimum atomic E-state index is -1.18. The first-order chi connectivity index (χ1) is 12.1. The highest BCUT2D eigenvalue weighted by Gasteiger charge is 2.24. The Balaban J connectivity index is 2.62. The molecule has 1 atom stereocenters. The number of methoxy groups -OCH3 is 1. The standard InChI is InChI=1S/C16H21N3O7/c1-16(2,3)26-14(21)17-9-12(13(20)24-4)18-15(22)25-11-7-5-10(19-23)6-8-11/h5-8,12H,9H2,1-4H3,(H,17,21)(H,18,22)/t12-/m0/s1. The lowest BCUT2D eigenvalue weighted by Gasteiger charge is -2.21.